The molecule has 1 fully saturated rings. The Labute approximate surface area is 280 Å². The number of hydrogen-bond acceptors (Lipinski definition) is 9. The smallest absolute Gasteiger partial charge is 0.418 e. The van der Waals surface area contributed by atoms with Crippen molar-refractivity contribution in [3.05, 3.63) is 65.3 Å². The van der Waals surface area contributed by atoms with E-state index in [1.807, 2.05) is 0 Å². The molecule has 11 nitrogen and oxygen atoms in total. The lowest BCUT2D eigenvalue weighted by molar-refractivity contribution is -0.136. The molecule has 0 spiro atoms. The van der Waals surface area contributed by atoms with Gasteiger partial charge in [-0.2, -0.15) is 18.2 Å². The summed E-state index contributed by atoms with van der Waals surface area (Å²) in [5.41, 5.74) is -1.60. The Morgan fingerprint density at radius 2 is 1.67 bits per heavy atom. The number of halogens is 4. The number of pyridine rings is 1. The monoisotopic (exact) mass is 706 g/mol. The molecule has 2 aromatic carbocycles. The van der Waals surface area contributed by atoms with E-state index in [0.29, 0.717) is 25.7 Å². The van der Waals surface area contributed by atoms with Crippen LogP contribution in [0.3, 0.4) is 0 Å². The summed E-state index contributed by atoms with van der Waals surface area (Å²) in [6.07, 6.45) is -1.36. The van der Waals surface area contributed by atoms with Gasteiger partial charge in [0.25, 0.3) is 10.0 Å². The van der Waals surface area contributed by atoms with Crippen LogP contribution in [0.25, 0.3) is 22.0 Å². The Bertz CT molecular complexity index is 1930. The fourth-order valence-electron chi connectivity index (χ4n) is 5.35. The minimum Gasteiger partial charge on any atom is -0.480 e. The zero-order valence-corrected chi connectivity index (χ0v) is 28.1. The van der Waals surface area contributed by atoms with Crippen molar-refractivity contribution in [1.29, 1.82) is 0 Å². The van der Waals surface area contributed by atoms with Crippen molar-refractivity contribution >= 4 is 50.4 Å². The standard InChI is InChI=1S/C32H34ClF3N6O5S/c1-31(2,3)47-30(43)39-21-11-9-20(10-12-21)38-29-37-17-19-15-18(16-23(27(19)41-29)32(34,35)36)22-13-14-26(40-28(22)46-4)42-48(44,45)25-8-6-5-7-24(25)33/h5-8,13-17,20-21H,9-12H2,1-4H3,(H,39,43)(H,40,42)(H,37,38,41). The molecule has 2 heterocycles. The topological polar surface area (TPSA) is 144 Å². The quantitative estimate of drug-likeness (QED) is 0.170. The molecule has 2 aromatic heterocycles. The number of aromatic nitrogens is 3. The third-order valence-corrected chi connectivity index (χ3v) is 9.35. The molecule has 4 aromatic rings. The van der Waals surface area contributed by atoms with E-state index in [4.69, 9.17) is 21.1 Å². The second kappa shape index (κ2) is 13.6. The summed E-state index contributed by atoms with van der Waals surface area (Å²) in [5, 5.41) is 6.13. The molecular weight excluding hydrogens is 673 g/mol. The van der Waals surface area contributed by atoms with Crippen LogP contribution >= 0.6 is 11.6 Å². The lowest BCUT2D eigenvalue weighted by Gasteiger charge is -2.30. The number of rotatable bonds is 8. The number of fused-ring (bicyclic) bond motifs is 1. The molecule has 0 atom stereocenters. The summed E-state index contributed by atoms with van der Waals surface area (Å²) in [7, 11) is -2.85. The second-order valence-electron chi connectivity index (χ2n) is 12.3. The van der Waals surface area contributed by atoms with Crippen molar-refractivity contribution in [1.82, 2.24) is 20.3 Å². The number of alkyl carbamates (subject to hydrolysis) is 1. The van der Waals surface area contributed by atoms with E-state index in [9.17, 15) is 26.4 Å². The average molecular weight is 707 g/mol. The zero-order chi connectivity index (χ0) is 34.9. The van der Waals surface area contributed by atoms with Crippen LogP contribution in [0, 0.1) is 0 Å². The van der Waals surface area contributed by atoms with Crippen LogP contribution in [-0.4, -0.2) is 54.3 Å². The number of sulfonamides is 1. The van der Waals surface area contributed by atoms with Crippen LogP contribution in [0.1, 0.15) is 52.0 Å². The van der Waals surface area contributed by atoms with E-state index >= 15 is 0 Å². The van der Waals surface area contributed by atoms with Gasteiger partial charge < -0.3 is 20.1 Å². The molecule has 1 aliphatic carbocycles. The first kappa shape index (κ1) is 35.0. The molecule has 0 saturated heterocycles. The van der Waals surface area contributed by atoms with Gasteiger partial charge >= 0.3 is 12.3 Å². The number of methoxy groups -OCH3 is 1. The molecule has 48 heavy (non-hydrogen) atoms. The minimum absolute atomic E-state index is 0.00461. The third-order valence-electron chi connectivity index (χ3n) is 7.50. The molecule has 1 amide bonds. The number of hydrogen-bond donors (Lipinski definition) is 3. The SMILES string of the molecule is COc1nc(NS(=O)(=O)c2ccccc2Cl)ccc1-c1cc(C(F)(F)F)c2nc(NC3CCC(NC(=O)OC(C)(C)C)CC3)ncc2c1. The van der Waals surface area contributed by atoms with Gasteiger partial charge in [0, 0.05) is 29.2 Å². The maximum absolute atomic E-state index is 14.4. The summed E-state index contributed by atoms with van der Waals surface area (Å²) in [6, 6.07) is 10.8. The molecule has 0 radical (unpaired) electrons. The normalized spacial score (nSPS) is 17.1. The molecule has 0 unspecified atom stereocenters. The fourth-order valence-corrected chi connectivity index (χ4v) is 6.88. The first-order valence-electron chi connectivity index (χ1n) is 15.0. The Balaban J connectivity index is 1.36. The number of ether oxygens (including phenoxy) is 2. The van der Waals surface area contributed by atoms with E-state index in [1.165, 1.54) is 49.7 Å². The summed E-state index contributed by atoms with van der Waals surface area (Å²) in [6.45, 7) is 5.35. The molecule has 5 rings (SSSR count). The molecule has 0 aliphatic heterocycles. The van der Waals surface area contributed by atoms with Gasteiger partial charge in [-0.3, -0.25) is 4.72 Å². The van der Waals surface area contributed by atoms with Gasteiger partial charge in [-0.05, 0) is 88.4 Å². The molecule has 1 saturated carbocycles. The number of anilines is 2. The highest BCUT2D eigenvalue weighted by atomic mass is 35.5. The van der Waals surface area contributed by atoms with Crippen LogP contribution in [0.2, 0.25) is 5.02 Å². The Morgan fingerprint density at radius 3 is 2.31 bits per heavy atom. The molecule has 3 N–H and O–H groups in total. The largest absolute Gasteiger partial charge is 0.480 e. The predicted molar refractivity (Wildman–Crippen MR) is 176 cm³/mol. The van der Waals surface area contributed by atoms with Crippen molar-refractivity contribution in [2.75, 3.05) is 17.1 Å². The minimum atomic E-state index is -4.77. The van der Waals surface area contributed by atoms with E-state index in [2.05, 4.69) is 30.3 Å². The van der Waals surface area contributed by atoms with Gasteiger partial charge in [-0.25, -0.2) is 23.2 Å². The van der Waals surface area contributed by atoms with E-state index < -0.39 is 33.5 Å². The number of benzene rings is 2. The van der Waals surface area contributed by atoms with Crippen molar-refractivity contribution in [2.24, 2.45) is 0 Å². The van der Waals surface area contributed by atoms with Gasteiger partial charge in [-0.15, -0.1) is 0 Å². The maximum atomic E-state index is 14.4. The molecule has 256 valence electrons. The summed E-state index contributed by atoms with van der Waals surface area (Å²) < 4.78 is 82.0. The highest BCUT2D eigenvalue weighted by Gasteiger charge is 2.35. The molecule has 1 aliphatic rings. The van der Waals surface area contributed by atoms with Crippen LogP contribution in [0.15, 0.2) is 59.6 Å². The van der Waals surface area contributed by atoms with Crippen LogP contribution in [0.4, 0.5) is 29.7 Å². The van der Waals surface area contributed by atoms with Crippen molar-refractivity contribution in [2.45, 2.75) is 75.2 Å². The number of amides is 1. The second-order valence-corrected chi connectivity index (χ2v) is 14.3. The van der Waals surface area contributed by atoms with Crippen molar-refractivity contribution in [3.63, 3.8) is 0 Å². The Morgan fingerprint density at radius 1 is 0.979 bits per heavy atom. The number of nitrogens with one attached hydrogen (secondary N) is 3. The van der Waals surface area contributed by atoms with E-state index in [0.717, 1.165) is 6.07 Å². The first-order valence-corrected chi connectivity index (χ1v) is 16.9. The number of nitrogens with zero attached hydrogens (tertiary/aromatic N) is 3. The molecule has 0 bridgehead atoms. The average Bonchev–Trinajstić information content (AvgIpc) is 3.00. The maximum Gasteiger partial charge on any atom is 0.418 e. The van der Waals surface area contributed by atoms with Crippen molar-refractivity contribution < 1.29 is 35.9 Å². The summed E-state index contributed by atoms with van der Waals surface area (Å²) >= 11 is 6.05. The summed E-state index contributed by atoms with van der Waals surface area (Å²) in [4.78, 5) is 24.7. The zero-order valence-electron chi connectivity index (χ0n) is 26.5. The van der Waals surface area contributed by atoms with Gasteiger partial charge in [0.2, 0.25) is 11.8 Å². The number of carbonyl (C=O) groups is 1. The Hall–Kier alpha value is -4.37. The number of carbonyl (C=O) groups excluding carboxylic acids is 1. The fraction of sp³-hybridized carbons (Fsp3) is 0.375. The van der Waals surface area contributed by atoms with E-state index in [1.54, 1.807) is 26.8 Å². The number of alkyl halides is 3. The lowest BCUT2D eigenvalue weighted by Crippen LogP contribution is -2.42. The molecular formula is C32H34ClF3N6O5S. The van der Waals surface area contributed by atoms with Crippen LogP contribution in [-0.2, 0) is 20.9 Å². The van der Waals surface area contributed by atoms with Gasteiger partial charge in [0.1, 0.15) is 16.3 Å². The van der Waals surface area contributed by atoms with Crippen LogP contribution in [0.5, 0.6) is 5.88 Å². The predicted octanol–water partition coefficient (Wildman–Crippen LogP) is 7.42. The Kier molecular flexibility index (Phi) is 9.92. The lowest BCUT2D eigenvalue weighted by atomic mass is 9.91. The third kappa shape index (κ3) is 8.37. The van der Waals surface area contributed by atoms with Gasteiger partial charge in [0.15, 0.2) is 0 Å². The van der Waals surface area contributed by atoms with E-state index in [-0.39, 0.29) is 61.7 Å². The highest BCUT2D eigenvalue weighted by molar-refractivity contribution is 7.92. The van der Waals surface area contributed by atoms with Gasteiger partial charge in [-0.1, -0.05) is 23.7 Å². The van der Waals surface area contributed by atoms with Crippen LogP contribution < -0.4 is 20.1 Å². The van der Waals surface area contributed by atoms with Gasteiger partial charge in [0.05, 0.1) is 23.2 Å². The molecule has 16 heteroatoms. The highest BCUT2D eigenvalue weighted by Crippen LogP contribution is 2.40. The van der Waals surface area contributed by atoms with Crippen molar-refractivity contribution in [3.8, 4) is 17.0 Å². The summed E-state index contributed by atoms with van der Waals surface area (Å²) in [5.74, 6) is -0.183. The first-order chi connectivity index (χ1) is 22.5.